The molecule has 3 amide bonds. The van der Waals surface area contributed by atoms with Gasteiger partial charge in [0.15, 0.2) is 11.5 Å². The van der Waals surface area contributed by atoms with Crippen molar-refractivity contribution in [3.05, 3.63) is 59.2 Å². The second kappa shape index (κ2) is 11.4. The molecule has 31 heavy (non-hydrogen) atoms. The zero-order valence-electron chi connectivity index (χ0n) is 18.1. The van der Waals surface area contributed by atoms with E-state index in [0.29, 0.717) is 17.2 Å². The van der Waals surface area contributed by atoms with Gasteiger partial charge in [0.2, 0.25) is 11.8 Å². The Morgan fingerprint density at radius 1 is 0.871 bits per heavy atom. The number of aryl methyl sites for hydroxylation is 2. The number of anilines is 1. The van der Waals surface area contributed by atoms with E-state index in [-0.39, 0.29) is 18.7 Å². The number of carbonyl (C=O) groups excluding carboxylic acids is 3. The van der Waals surface area contributed by atoms with E-state index in [1.54, 1.807) is 24.3 Å². The molecule has 2 aromatic carbocycles. The van der Waals surface area contributed by atoms with Gasteiger partial charge in [-0.2, -0.15) is 0 Å². The first kappa shape index (κ1) is 23.5. The fraction of sp³-hybridized carbons (Fsp3) is 0.261. The van der Waals surface area contributed by atoms with E-state index >= 15 is 0 Å². The minimum absolute atomic E-state index is 0.00347. The summed E-state index contributed by atoms with van der Waals surface area (Å²) in [6, 6.07) is 10.9. The van der Waals surface area contributed by atoms with Crippen molar-refractivity contribution < 1.29 is 23.9 Å². The van der Waals surface area contributed by atoms with Crippen molar-refractivity contribution in [2.24, 2.45) is 0 Å². The Morgan fingerprint density at radius 3 is 2.26 bits per heavy atom. The van der Waals surface area contributed by atoms with E-state index in [4.69, 9.17) is 9.47 Å². The van der Waals surface area contributed by atoms with Gasteiger partial charge in [0.05, 0.1) is 14.2 Å². The molecular weight excluding hydrogens is 398 g/mol. The Hall–Kier alpha value is -3.81. The number of ether oxygens (including phenoxy) is 2. The van der Waals surface area contributed by atoms with Gasteiger partial charge in [-0.05, 0) is 49.2 Å². The van der Waals surface area contributed by atoms with Crippen molar-refractivity contribution in [1.82, 2.24) is 10.9 Å². The second-order valence-corrected chi connectivity index (χ2v) is 6.85. The normalized spacial score (nSPS) is 10.5. The first-order chi connectivity index (χ1) is 14.8. The highest BCUT2D eigenvalue weighted by molar-refractivity contribution is 5.95. The van der Waals surface area contributed by atoms with Gasteiger partial charge >= 0.3 is 0 Å². The van der Waals surface area contributed by atoms with Gasteiger partial charge < -0.3 is 14.8 Å². The standard InChI is InChI=1S/C23H27N3O5/c1-15-5-8-18(16(2)13-15)24-21(27)11-12-23(29)26-25-22(28)10-7-17-6-9-19(30-3)20(14-17)31-4/h5-10,13-14H,11-12H2,1-4H3,(H,24,27)(H,25,28)(H,26,29)/b10-7+. The lowest BCUT2D eigenvalue weighted by Crippen LogP contribution is -2.41. The summed E-state index contributed by atoms with van der Waals surface area (Å²) >= 11 is 0. The lowest BCUT2D eigenvalue weighted by molar-refractivity contribution is -0.128. The predicted octanol–water partition coefficient (Wildman–Crippen LogP) is 2.90. The molecule has 0 unspecified atom stereocenters. The third-order valence-electron chi connectivity index (χ3n) is 4.39. The molecule has 0 fully saturated rings. The lowest BCUT2D eigenvalue weighted by Gasteiger charge is -2.09. The summed E-state index contributed by atoms with van der Waals surface area (Å²) in [6.45, 7) is 3.88. The summed E-state index contributed by atoms with van der Waals surface area (Å²) in [5.74, 6) is -0.135. The smallest absolute Gasteiger partial charge is 0.262 e. The zero-order chi connectivity index (χ0) is 22.8. The fourth-order valence-corrected chi connectivity index (χ4v) is 2.76. The molecule has 164 valence electrons. The number of hydrogen-bond acceptors (Lipinski definition) is 5. The van der Waals surface area contributed by atoms with Crippen molar-refractivity contribution in [2.45, 2.75) is 26.7 Å². The van der Waals surface area contributed by atoms with Crippen molar-refractivity contribution in [3.63, 3.8) is 0 Å². The Morgan fingerprint density at radius 2 is 1.58 bits per heavy atom. The quantitative estimate of drug-likeness (QED) is 0.445. The minimum Gasteiger partial charge on any atom is -0.493 e. The van der Waals surface area contributed by atoms with Gasteiger partial charge in [-0.25, -0.2) is 0 Å². The van der Waals surface area contributed by atoms with Crippen LogP contribution in [0.3, 0.4) is 0 Å². The molecule has 2 rings (SSSR count). The monoisotopic (exact) mass is 425 g/mol. The van der Waals surface area contributed by atoms with Crippen molar-refractivity contribution in [3.8, 4) is 11.5 Å². The number of rotatable bonds is 8. The van der Waals surface area contributed by atoms with Crippen LogP contribution in [0.5, 0.6) is 11.5 Å². The first-order valence-electron chi connectivity index (χ1n) is 9.68. The lowest BCUT2D eigenvalue weighted by atomic mass is 10.1. The summed E-state index contributed by atoms with van der Waals surface area (Å²) in [4.78, 5) is 35.8. The summed E-state index contributed by atoms with van der Waals surface area (Å²) in [7, 11) is 3.06. The molecule has 0 aliphatic carbocycles. The number of methoxy groups -OCH3 is 2. The number of hydrazine groups is 1. The molecule has 0 bridgehead atoms. The highest BCUT2D eigenvalue weighted by atomic mass is 16.5. The van der Waals surface area contributed by atoms with Crippen molar-refractivity contribution in [1.29, 1.82) is 0 Å². The topological polar surface area (TPSA) is 106 Å². The van der Waals surface area contributed by atoms with E-state index in [0.717, 1.165) is 16.7 Å². The molecule has 0 aliphatic heterocycles. The Bertz CT molecular complexity index is 985. The molecule has 0 saturated heterocycles. The van der Waals surface area contributed by atoms with Crippen LogP contribution in [0.25, 0.3) is 6.08 Å². The van der Waals surface area contributed by atoms with Crippen molar-refractivity contribution in [2.75, 3.05) is 19.5 Å². The van der Waals surface area contributed by atoms with E-state index < -0.39 is 11.8 Å². The van der Waals surface area contributed by atoms with E-state index in [1.165, 1.54) is 20.3 Å². The van der Waals surface area contributed by atoms with E-state index in [2.05, 4.69) is 16.2 Å². The minimum atomic E-state index is -0.511. The molecule has 0 saturated carbocycles. The maximum Gasteiger partial charge on any atom is 0.262 e. The first-order valence-corrected chi connectivity index (χ1v) is 9.68. The van der Waals surface area contributed by atoms with E-state index in [1.807, 2.05) is 32.0 Å². The van der Waals surface area contributed by atoms with Gasteiger partial charge in [-0.1, -0.05) is 23.8 Å². The molecule has 0 spiro atoms. The molecular formula is C23H27N3O5. The maximum absolute atomic E-state index is 12.0. The summed E-state index contributed by atoms with van der Waals surface area (Å²) in [6.07, 6.45) is 2.78. The van der Waals surface area contributed by atoms with Crippen LogP contribution >= 0.6 is 0 Å². The van der Waals surface area contributed by atoms with Crippen LogP contribution in [-0.4, -0.2) is 31.9 Å². The highest BCUT2D eigenvalue weighted by Crippen LogP contribution is 2.27. The van der Waals surface area contributed by atoms with Crippen LogP contribution in [0.4, 0.5) is 5.69 Å². The third kappa shape index (κ3) is 7.50. The Kier molecular flexibility index (Phi) is 8.63. The van der Waals surface area contributed by atoms with Gasteiger partial charge in [0, 0.05) is 24.6 Å². The van der Waals surface area contributed by atoms with Crippen LogP contribution in [-0.2, 0) is 14.4 Å². The number of carbonyl (C=O) groups is 3. The molecule has 3 N–H and O–H groups in total. The van der Waals surface area contributed by atoms with Crippen LogP contribution in [0.2, 0.25) is 0 Å². The van der Waals surface area contributed by atoms with Gasteiger partial charge in [-0.15, -0.1) is 0 Å². The molecule has 8 heteroatoms. The SMILES string of the molecule is COc1ccc(/C=C/C(=O)NNC(=O)CCC(=O)Nc2ccc(C)cc2C)cc1OC. The highest BCUT2D eigenvalue weighted by Gasteiger charge is 2.09. The number of benzene rings is 2. The molecule has 2 aromatic rings. The average molecular weight is 425 g/mol. The van der Waals surface area contributed by atoms with Gasteiger partial charge in [0.1, 0.15) is 0 Å². The summed E-state index contributed by atoms with van der Waals surface area (Å²) < 4.78 is 10.4. The number of hydrogen-bond donors (Lipinski definition) is 3. The van der Waals surface area contributed by atoms with Crippen LogP contribution in [0, 0.1) is 13.8 Å². The van der Waals surface area contributed by atoms with Gasteiger partial charge in [0.25, 0.3) is 5.91 Å². The molecule has 8 nitrogen and oxygen atoms in total. The Balaban J connectivity index is 1.76. The molecule has 0 radical (unpaired) electrons. The van der Waals surface area contributed by atoms with Crippen LogP contribution < -0.4 is 25.6 Å². The summed E-state index contributed by atoms with van der Waals surface area (Å²) in [5.41, 5.74) is 8.05. The summed E-state index contributed by atoms with van der Waals surface area (Å²) in [5, 5.41) is 2.78. The molecule has 0 aromatic heterocycles. The van der Waals surface area contributed by atoms with E-state index in [9.17, 15) is 14.4 Å². The largest absolute Gasteiger partial charge is 0.493 e. The fourth-order valence-electron chi connectivity index (χ4n) is 2.76. The number of amides is 3. The Labute approximate surface area is 181 Å². The maximum atomic E-state index is 12.0. The predicted molar refractivity (Wildman–Crippen MR) is 119 cm³/mol. The van der Waals surface area contributed by atoms with Crippen LogP contribution in [0.1, 0.15) is 29.5 Å². The molecule has 0 heterocycles. The van der Waals surface area contributed by atoms with Gasteiger partial charge in [-0.3, -0.25) is 25.2 Å². The third-order valence-corrected chi connectivity index (χ3v) is 4.39. The molecule has 0 aliphatic rings. The zero-order valence-corrected chi connectivity index (χ0v) is 18.1. The average Bonchev–Trinajstić information content (AvgIpc) is 2.76. The molecule has 0 atom stereocenters. The van der Waals surface area contributed by atoms with Crippen molar-refractivity contribution >= 4 is 29.5 Å². The van der Waals surface area contributed by atoms with Crippen LogP contribution in [0.15, 0.2) is 42.5 Å². The second-order valence-electron chi connectivity index (χ2n) is 6.85. The number of nitrogens with one attached hydrogen (secondary N) is 3.